The van der Waals surface area contributed by atoms with Gasteiger partial charge in [0.25, 0.3) is 5.91 Å². The van der Waals surface area contributed by atoms with Crippen LogP contribution in [-0.2, 0) is 0 Å². The molecule has 0 aliphatic heterocycles. The lowest BCUT2D eigenvalue weighted by Crippen LogP contribution is -2.30. The zero-order valence-corrected chi connectivity index (χ0v) is 15.2. The number of halogens is 1. The molecule has 1 atom stereocenters. The van der Waals surface area contributed by atoms with Gasteiger partial charge in [-0.1, -0.05) is 29.8 Å². The summed E-state index contributed by atoms with van der Waals surface area (Å²) in [6.07, 6.45) is 0. The highest BCUT2D eigenvalue weighted by atomic mass is 35.5. The van der Waals surface area contributed by atoms with Crippen LogP contribution in [0.1, 0.15) is 34.3 Å². The number of thiophene rings is 1. The fourth-order valence-electron chi connectivity index (χ4n) is 2.39. The Morgan fingerprint density at radius 1 is 1.29 bits per heavy atom. The number of hydrogen-bond donors (Lipinski definition) is 0. The van der Waals surface area contributed by atoms with Gasteiger partial charge in [0.15, 0.2) is 0 Å². The number of aryl methyl sites for hydroxylation is 1. The Balaban J connectivity index is 1.89. The van der Waals surface area contributed by atoms with E-state index in [-0.39, 0.29) is 17.8 Å². The maximum Gasteiger partial charge on any atom is 0.293 e. The fourth-order valence-corrected chi connectivity index (χ4v) is 3.43. The number of benzene rings is 1. The number of amides is 1. The largest absolute Gasteiger partial charge is 0.331 e. The Bertz CT molecular complexity index is 859. The van der Waals surface area contributed by atoms with E-state index in [2.05, 4.69) is 10.1 Å². The van der Waals surface area contributed by atoms with Crippen LogP contribution in [0.15, 0.2) is 41.8 Å². The molecule has 7 heteroatoms. The lowest BCUT2D eigenvalue weighted by Gasteiger charge is -2.22. The van der Waals surface area contributed by atoms with E-state index in [9.17, 15) is 4.79 Å². The number of carbonyl (C=O) groups is 1. The third kappa shape index (κ3) is 3.07. The molecule has 0 N–H and O–H groups in total. The first-order chi connectivity index (χ1) is 11.5. The van der Waals surface area contributed by atoms with Gasteiger partial charge in [-0.15, -0.1) is 16.4 Å². The van der Waals surface area contributed by atoms with Gasteiger partial charge in [0.05, 0.1) is 16.8 Å². The minimum absolute atomic E-state index is 0.0370. The van der Waals surface area contributed by atoms with Crippen molar-refractivity contribution < 1.29 is 4.79 Å². The van der Waals surface area contributed by atoms with E-state index in [1.807, 2.05) is 42.6 Å². The molecule has 0 saturated heterocycles. The molecule has 1 aromatic carbocycles. The summed E-state index contributed by atoms with van der Waals surface area (Å²) in [5.41, 5.74) is 0.706. The molecule has 2 heterocycles. The predicted octanol–water partition coefficient (Wildman–Crippen LogP) is 4.12. The summed E-state index contributed by atoms with van der Waals surface area (Å²) in [7, 11) is 1.76. The van der Waals surface area contributed by atoms with Gasteiger partial charge in [-0.3, -0.25) is 4.79 Å². The number of para-hydroxylation sites is 1. The Morgan fingerprint density at radius 2 is 2.04 bits per heavy atom. The van der Waals surface area contributed by atoms with E-state index >= 15 is 0 Å². The topological polar surface area (TPSA) is 51.0 Å². The molecule has 0 spiro atoms. The molecule has 2 aromatic heterocycles. The number of carbonyl (C=O) groups excluding carboxylic acids is 1. The molecule has 1 unspecified atom stereocenters. The van der Waals surface area contributed by atoms with Crippen LogP contribution in [0.25, 0.3) is 5.69 Å². The molecule has 0 aliphatic carbocycles. The third-order valence-corrected chi connectivity index (χ3v) is 5.26. The van der Waals surface area contributed by atoms with Crippen LogP contribution in [-0.4, -0.2) is 32.6 Å². The summed E-state index contributed by atoms with van der Waals surface area (Å²) < 4.78 is 1.60. The minimum Gasteiger partial charge on any atom is -0.331 e. The van der Waals surface area contributed by atoms with Gasteiger partial charge in [0.1, 0.15) is 5.82 Å². The molecule has 24 heavy (non-hydrogen) atoms. The molecule has 0 radical (unpaired) electrons. The Hall–Kier alpha value is -2.18. The molecule has 1 amide bonds. The van der Waals surface area contributed by atoms with Crippen molar-refractivity contribution in [3.05, 3.63) is 63.3 Å². The first-order valence-corrected chi connectivity index (χ1v) is 8.74. The van der Waals surface area contributed by atoms with Crippen LogP contribution in [0.2, 0.25) is 5.02 Å². The molecule has 124 valence electrons. The van der Waals surface area contributed by atoms with Crippen molar-refractivity contribution in [1.29, 1.82) is 0 Å². The molecule has 0 fully saturated rings. The fraction of sp³-hybridized carbons (Fsp3) is 0.235. The predicted molar refractivity (Wildman–Crippen MR) is 95.9 cm³/mol. The van der Waals surface area contributed by atoms with Crippen LogP contribution >= 0.6 is 22.9 Å². The number of nitrogens with zero attached hydrogens (tertiary/aromatic N) is 4. The van der Waals surface area contributed by atoms with Crippen LogP contribution < -0.4 is 0 Å². The van der Waals surface area contributed by atoms with Gasteiger partial charge >= 0.3 is 0 Å². The quantitative estimate of drug-likeness (QED) is 0.703. The summed E-state index contributed by atoms with van der Waals surface area (Å²) in [4.78, 5) is 19.8. The first kappa shape index (κ1) is 16.7. The van der Waals surface area contributed by atoms with E-state index in [0.717, 1.165) is 4.88 Å². The Labute approximate surface area is 149 Å². The van der Waals surface area contributed by atoms with E-state index in [4.69, 9.17) is 11.6 Å². The zero-order valence-electron chi connectivity index (χ0n) is 13.6. The van der Waals surface area contributed by atoms with Crippen molar-refractivity contribution in [2.24, 2.45) is 0 Å². The number of rotatable bonds is 4. The molecule has 5 nitrogen and oxygen atoms in total. The first-order valence-electron chi connectivity index (χ1n) is 7.48. The maximum atomic E-state index is 12.7. The van der Waals surface area contributed by atoms with E-state index in [1.165, 1.54) is 0 Å². The van der Waals surface area contributed by atoms with Crippen molar-refractivity contribution >= 4 is 28.8 Å². The minimum atomic E-state index is -0.218. The number of hydrogen-bond acceptors (Lipinski definition) is 4. The van der Waals surface area contributed by atoms with Gasteiger partial charge in [0.2, 0.25) is 5.82 Å². The second-order valence-electron chi connectivity index (χ2n) is 5.45. The highest BCUT2D eigenvalue weighted by Crippen LogP contribution is 2.25. The molecule has 0 bridgehead atoms. The molecular formula is C17H17ClN4OS. The lowest BCUT2D eigenvalue weighted by atomic mass is 10.2. The highest BCUT2D eigenvalue weighted by molar-refractivity contribution is 7.10. The van der Waals surface area contributed by atoms with Gasteiger partial charge in [-0.25, -0.2) is 9.67 Å². The summed E-state index contributed by atoms with van der Waals surface area (Å²) in [5.74, 6) is 0.562. The van der Waals surface area contributed by atoms with Crippen molar-refractivity contribution in [1.82, 2.24) is 19.7 Å². The van der Waals surface area contributed by atoms with Crippen molar-refractivity contribution in [2.75, 3.05) is 7.05 Å². The van der Waals surface area contributed by atoms with Gasteiger partial charge in [-0.05, 0) is 37.4 Å². The normalized spacial score (nSPS) is 12.2. The van der Waals surface area contributed by atoms with Gasteiger partial charge in [0, 0.05) is 11.9 Å². The van der Waals surface area contributed by atoms with E-state index < -0.39 is 0 Å². The van der Waals surface area contributed by atoms with Gasteiger partial charge in [-0.2, -0.15) is 0 Å². The molecular weight excluding hydrogens is 344 g/mol. The average Bonchev–Trinajstić information content (AvgIpc) is 3.23. The Kier molecular flexibility index (Phi) is 4.69. The van der Waals surface area contributed by atoms with Crippen molar-refractivity contribution in [2.45, 2.75) is 19.9 Å². The average molecular weight is 361 g/mol. The maximum absolute atomic E-state index is 12.7. The summed E-state index contributed by atoms with van der Waals surface area (Å²) >= 11 is 7.84. The SMILES string of the molecule is Cc1nc(C(=O)N(C)C(C)c2cccs2)nn1-c1ccccc1Cl. The zero-order chi connectivity index (χ0) is 17.3. The summed E-state index contributed by atoms with van der Waals surface area (Å²) in [5, 5.41) is 6.92. The monoisotopic (exact) mass is 360 g/mol. The van der Waals surface area contributed by atoms with Crippen molar-refractivity contribution in [3.8, 4) is 5.69 Å². The number of aromatic nitrogens is 3. The molecule has 0 saturated carbocycles. The van der Waals surface area contributed by atoms with Gasteiger partial charge < -0.3 is 4.90 Å². The highest BCUT2D eigenvalue weighted by Gasteiger charge is 2.24. The van der Waals surface area contributed by atoms with Crippen LogP contribution in [0.3, 0.4) is 0 Å². The van der Waals surface area contributed by atoms with Crippen LogP contribution in [0, 0.1) is 6.92 Å². The third-order valence-electron chi connectivity index (χ3n) is 3.90. The molecule has 3 aromatic rings. The molecule has 0 aliphatic rings. The smallest absolute Gasteiger partial charge is 0.293 e. The second kappa shape index (κ2) is 6.75. The summed E-state index contributed by atoms with van der Waals surface area (Å²) in [6, 6.07) is 11.3. The Morgan fingerprint density at radius 3 is 2.71 bits per heavy atom. The summed E-state index contributed by atoms with van der Waals surface area (Å²) in [6.45, 7) is 3.79. The van der Waals surface area contributed by atoms with Crippen molar-refractivity contribution in [3.63, 3.8) is 0 Å². The molecule has 3 rings (SSSR count). The standard InChI is InChI=1S/C17H17ClN4OS/c1-11(15-9-6-10-24-15)21(3)17(23)16-19-12(2)22(20-16)14-8-5-4-7-13(14)18/h4-11H,1-3H3. The van der Waals surface area contributed by atoms with Crippen LogP contribution in [0.4, 0.5) is 0 Å². The second-order valence-corrected chi connectivity index (χ2v) is 6.84. The van der Waals surface area contributed by atoms with E-state index in [1.54, 1.807) is 41.0 Å². The lowest BCUT2D eigenvalue weighted by molar-refractivity contribution is 0.0732. The van der Waals surface area contributed by atoms with Crippen LogP contribution in [0.5, 0.6) is 0 Å². The van der Waals surface area contributed by atoms with E-state index in [0.29, 0.717) is 16.5 Å².